The van der Waals surface area contributed by atoms with Crippen LogP contribution in [-0.4, -0.2) is 30.7 Å². The molecule has 7 nitrogen and oxygen atoms in total. The first kappa shape index (κ1) is 22.2. The number of amides is 2. The number of rotatable bonds is 0. The van der Waals surface area contributed by atoms with E-state index in [1.165, 1.54) is 0 Å². The molecule has 4 aliphatic rings. The molecule has 0 unspecified atom stereocenters. The van der Waals surface area contributed by atoms with E-state index < -0.39 is 11.2 Å². The van der Waals surface area contributed by atoms with Crippen LogP contribution in [0.2, 0.25) is 0 Å². The number of anilines is 2. The number of ether oxygens (including phenoxy) is 2. The quantitative estimate of drug-likeness (QED) is 0.349. The molecular formula is C18H18BBrN3O4S3. The molecule has 0 bridgehead atoms. The molecule has 2 saturated carbocycles. The number of carbonyl (C=O) groups excluding carboxylic acids is 2. The van der Waals surface area contributed by atoms with Gasteiger partial charge in [-0.3, -0.25) is 9.59 Å². The number of fused-ring (bicyclic) bond motifs is 2. The number of thiophene rings is 2. The molecule has 6 rings (SSSR count). The standard InChI is InChI=1S/C9H8BrNO2S.C9H9NO2S.BHNS/c10-6-3-5-4-13-9(1-2-9)8(12)11-7(5)14-6;11-8-9(2-3-9)12-5-6-1-4-13-7(6)10-8;1-2-3/h3H,1-2,4H2,(H,11,12);1,4H,2-3,5H2,(H,10,11);3H. The van der Waals surface area contributed by atoms with E-state index >= 15 is 0 Å². The van der Waals surface area contributed by atoms with Crippen molar-refractivity contribution in [2.45, 2.75) is 50.1 Å². The Hall–Kier alpha value is -1.05. The summed E-state index contributed by atoms with van der Waals surface area (Å²) in [5, 5.41) is 9.68. The number of hydrogen-bond donors (Lipinski definition) is 3. The van der Waals surface area contributed by atoms with Crippen molar-refractivity contribution >= 4 is 80.9 Å². The summed E-state index contributed by atoms with van der Waals surface area (Å²) in [6.45, 7) is 1.10. The van der Waals surface area contributed by atoms with Gasteiger partial charge in [0.1, 0.15) is 21.2 Å². The number of hydrogen-bond acceptors (Lipinski definition) is 8. The fraction of sp³-hybridized carbons (Fsp3) is 0.444. The fourth-order valence-electron chi connectivity index (χ4n) is 3.13. The number of nitrogens with zero attached hydrogens (tertiary/aromatic N) is 1. The number of carbonyl (C=O) groups is 2. The van der Waals surface area contributed by atoms with Crippen LogP contribution in [0.15, 0.2) is 25.6 Å². The third-order valence-corrected chi connectivity index (χ3v) is 7.69. The first-order valence-electron chi connectivity index (χ1n) is 9.21. The molecule has 2 spiro atoms. The molecule has 2 aliphatic carbocycles. The summed E-state index contributed by atoms with van der Waals surface area (Å²) >= 11 is 9.68. The average Bonchev–Trinajstić information content (AvgIpc) is 3.62. The third kappa shape index (κ3) is 4.58. The molecule has 2 aromatic rings. The molecule has 2 N–H and O–H groups in total. The first-order chi connectivity index (χ1) is 14.4. The average molecular weight is 527 g/mol. The van der Waals surface area contributed by atoms with Crippen molar-refractivity contribution in [3.8, 4) is 0 Å². The van der Waals surface area contributed by atoms with Gasteiger partial charge in [-0.05, 0) is 59.1 Å². The Kier molecular flexibility index (Phi) is 6.52. The van der Waals surface area contributed by atoms with E-state index in [4.69, 9.17) is 9.47 Å². The Balaban J connectivity index is 0.000000129. The van der Waals surface area contributed by atoms with Crippen LogP contribution >= 0.6 is 51.4 Å². The van der Waals surface area contributed by atoms with E-state index in [0.717, 1.165) is 50.6 Å². The molecule has 4 heterocycles. The monoisotopic (exact) mass is 526 g/mol. The van der Waals surface area contributed by atoms with Gasteiger partial charge in [0.05, 0.1) is 17.0 Å². The van der Waals surface area contributed by atoms with Crippen molar-refractivity contribution in [1.29, 1.82) is 0 Å². The van der Waals surface area contributed by atoms with E-state index in [1.54, 1.807) is 22.7 Å². The summed E-state index contributed by atoms with van der Waals surface area (Å²) in [5.41, 5.74) is 1.20. The second-order valence-corrected chi connectivity index (χ2v) is 10.8. The zero-order chi connectivity index (χ0) is 21.4. The first-order valence-corrected chi connectivity index (χ1v) is 12.1. The van der Waals surface area contributed by atoms with Gasteiger partial charge in [0.2, 0.25) is 0 Å². The minimum atomic E-state index is -0.495. The molecule has 157 valence electrons. The van der Waals surface area contributed by atoms with Crippen LogP contribution < -0.4 is 10.6 Å². The van der Waals surface area contributed by atoms with Crippen LogP contribution in [0.1, 0.15) is 36.8 Å². The van der Waals surface area contributed by atoms with Gasteiger partial charge in [-0.1, -0.05) is 0 Å². The zero-order valence-electron chi connectivity index (χ0n) is 15.8. The molecule has 2 amide bonds. The van der Waals surface area contributed by atoms with Crippen LogP contribution in [0.25, 0.3) is 0 Å². The Morgan fingerprint density at radius 2 is 1.57 bits per heavy atom. The van der Waals surface area contributed by atoms with Gasteiger partial charge in [0, 0.05) is 11.1 Å². The summed E-state index contributed by atoms with van der Waals surface area (Å²) < 4.78 is 14.9. The zero-order valence-corrected chi connectivity index (χ0v) is 19.9. The van der Waals surface area contributed by atoms with Gasteiger partial charge in [0.15, 0.2) is 0 Å². The van der Waals surface area contributed by atoms with E-state index in [2.05, 4.69) is 51.3 Å². The molecule has 1 radical (unpaired) electrons. The molecule has 2 fully saturated rings. The van der Waals surface area contributed by atoms with E-state index in [9.17, 15) is 9.59 Å². The van der Waals surface area contributed by atoms with Crippen molar-refractivity contribution in [3.63, 3.8) is 0 Å². The predicted octanol–water partition coefficient (Wildman–Crippen LogP) is 4.44. The SMILES string of the molecule is O=C1Nc2sc(Br)cc2COC12CC2.O=C1Nc2sccc2COC12CC2.[B]=NS. The number of nitrogens with one attached hydrogen (secondary N) is 2. The van der Waals surface area contributed by atoms with Crippen LogP contribution in [0.5, 0.6) is 0 Å². The molecule has 30 heavy (non-hydrogen) atoms. The summed E-state index contributed by atoms with van der Waals surface area (Å²) in [5.74, 6) is 0.0549. The van der Waals surface area contributed by atoms with Crippen molar-refractivity contribution in [2.75, 3.05) is 10.6 Å². The molecule has 2 aliphatic heterocycles. The topological polar surface area (TPSA) is 89.0 Å². The second kappa shape index (κ2) is 8.83. The minimum absolute atomic E-state index is 0.0191. The molecule has 0 aromatic carbocycles. The number of halogens is 1. The molecule has 12 heteroatoms. The fourth-order valence-corrected chi connectivity index (χ4v) is 5.48. The Morgan fingerprint density at radius 3 is 2.13 bits per heavy atom. The van der Waals surface area contributed by atoms with Crippen LogP contribution in [0, 0.1) is 0 Å². The van der Waals surface area contributed by atoms with Gasteiger partial charge in [-0.15, -0.1) is 22.7 Å². The van der Waals surface area contributed by atoms with Crippen LogP contribution in [0.4, 0.5) is 10.0 Å². The summed E-state index contributed by atoms with van der Waals surface area (Å²) in [4.78, 5) is 23.4. The molecular weight excluding hydrogens is 509 g/mol. The Labute approximate surface area is 196 Å². The van der Waals surface area contributed by atoms with Crippen molar-refractivity contribution < 1.29 is 19.1 Å². The van der Waals surface area contributed by atoms with Crippen molar-refractivity contribution in [3.05, 3.63) is 32.4 Å². The van der Waals surface area contributed by atoms with E-state index in [-0.39, 0.29) is 11.8 Å². The third-order valence-electron chi connectivity index (χ3n) is 5.22. The molecule has 2 aromatic heterocycles. The van der Waals surface area contributed by atoms with E-state index in [0.29, 0.717) is 13.2 Å². The molecule has 0 saturated heterocycles. The Morgan fingerprint density at radius 1 is 1.03 bits per heavy atom. The Bertz CT molecular complexity index is 987. The van der Waals surface area contributed by atoms with Crippen molar-refractivity contribution in [2.24, 2.45) is 4.30 Å². The normalized spacial score (nSPS) is 21.2. The summed E-state index contributed by atoms with van der Waals surface area (Å²) in [6.07, 6.45) is 3.45. The van der Waals surface area contributed by atoms with Gasteiger partial charge in [-0.2, -0.15) is 0 Å². The van der Waals surface area contributed by atoms with Gasteiger partial charge < -0.3 is 20.1 Å². The summed E-state index contributed by atoms with van der Waals surface area (Å²) in [7, 11) is 4.34. The van der Waals surface area contributed by atoms with Gasteiger partial charge in [0.25, 0.3) is 11.8 Å². The van der Waals surface area contributed by atoms with Gasteiger partial charge in [-0.25, -0.2) is 0 Å². The second-order valence-electron chi connectivity index (χ2n) is 7.27. The predicted molar refractivity (Wildman–Crippen MR) is 124 cm³/mol. The maximum absolute atomic E-state index is 11.7. The van der Waals surface area contributed by atoms with Gasteiger partial charge >= 0.3 is 24.8 Å². The van der Waals surface area contributed by atoms with E-state index in [1.807, 2.05) is 17.5 Å². The maximum atomic E-state index is 11.7. The van der Waals surface area contributed by atoms with Crippen molar-refractivity contribution in [1.82, 2.24) is 0 Å². The van der Waals surface area contributed by atoms with Crippen LogP contribution in [-0.2, 0) is 32.3 Å². The summed E-state index contributed by atoms with van der Waals surface area (Å²) in [6, 6.07) is 4.00. The molecule has 0 atom stereocenters. The van der Waals surface area contributed by atoms with Crippen LogP contribution in [0.3, 0.4) is 0 Å². The number of thiol groups is 1.